The SMILES string of the molecule is COc1ccc(C(C)C)cc1/C=C/CCC(C)(C)O. The fourth-order valence-electron chi connectivity index (χ4n) is 1.89. The summed E-state index contributed by atoms with van der Waals surface area (Å²) in [6.07, 6.45) is 5.80. The van der Waals surface area contributed by atoms with E-state index < -0.39 is 5.60 Å². The molecule has 0 radical (unpaired) electrons. The largest absolute Gasteiger partial charge is 0.496 e. The molecule has 0 saturated heterocycles. The number of ether oxygens (including phenoxy) is 1. The molecule has 1 aromatic carbocycles. The summed E-state index contributed by atoms with van der Waals surface area (Å²) in [6.45, 7) is 8.04. The highest BCUT2D eigenvalue weighted by Crippen LogP contribution is 2.25. The third kappa shape index (κ3) is 5.48. The zero-order valence-corrected chi connectivity index (χ0v) is 12.7. The third-order valence-electron chi connectivity index (χ3n) is 3.14. The first-order chi connectivity index (χ1) is 8.83. The van der Waals surface area contributed by atoms with E-state index in [2.05, 4.69) is 38.1 Å². The van der Waals surface area contributed by atoms with E-state index in [1.54, 1.807) is 7.11 Å². The number of allylic oxidation sites excluding steroid dienone is 1. The van der Waals surface area contributed by atoms with Crippen LogP contribution in [0.1, 0.15) is 57.6 Å². The number of aliphatic hydroxyl groups is 1. The molecule has 2 nitrogen and oxygen atoms in total. The Kier molecular flexibility index (Phi) is 5.61. The van der Waals surface area contributed by atoms with Gasteiger partial charge in [0.25, 0.3) is 0 Å². The fourth-order valence-corrected chi connectivity index (χ4v) is 1.89. The molecule has 0 atom stereocenters. The van der Waals surface area contributed by atoms with Crippen LogP contribution in [-0.4, -0.2) is 17.8 Å². The van der Waals surface area contributed by atoms with E-state index in [0.717, 1.165) is 24.2 Å². The molecule has 0 aliphatic heterocycles. The second kappa shape index (κ2) is 6.76. The molecular formula is C17H26O2. The first-order valence-electron chi connectivity index (χ1n) is 6.90. The van der Waals surface area contributed by atoms with Crippen molar-refractivity contribution < 1.29 is 9.84 Å². The number of benzene rings is 1. The smallest absolute Gasteiger partial charge is 0.126 e. The molecular weight excluding hydrogens is 236 g/mol. The zero-order valence-electron chi connectivity index (χ0n) is 12.7. The van der Waals surface area contributed by atoms with Gasteiger partial charge in [-0.15, -0.1) is 0 Å². The monoisotopic (exact) mass is 262 g/mol. The lowest BCUT2D eigenvalue weighted by Crippen LogP contribution is -2.17. The highest BCUT2D eigenvalue weighted by Gasteiger charge is 2.10. The summed E-state index contributed by atoms with van der Waals surface area (Å²) in [6, 6.07) is 6.30. The average Bonchev–Trinajstić information content (AvgIpc) is 2.33. The number of hydrogen-bond donors (Lipinski definition) is 1. The molecule has 0 aliphatic carbocycles. The molecule has 0 aliphatic rings. The summed E-state index contributed by atoms with van der Waals surface area (Å²) >= 11 is 0. The van der Waals surface area contributed by atoms with Crippen molar-refractivity contribution >= 4 is 6.08 Å². The highest BCUT2D eigenvalue weighted by atomic mass is 16.5. The maximum absolute atomic E-state index is 9.67. The normalized spacial score (nSPS) is 12.4. The van der Waals surface area contributed by atoms with E-state index >= 15 is 0 Å². The van der Waals surface area contributed by atoms with Gasteiger partial charge >= 0.3 is 0 Å². The van der Waals surface area contributed by atoms with Gasteiger partial charge in [-0.1, -0.05) is 32.1 Å². The van der Waals surface area contributed by atoms with Crippen LogP contribution in [0.3, 0.4) is 0 Å². The topological polar surface area (TPSA) is 29.5 Å². The van der Waals surface area contributed by atoms with Gasteiger partial charge in [0.05, 0.1) is 12.7 Å². The maximum atomic E-state index is 9.67. The molecule has 0 saturated carbocycles. The molecule has 1 rings (SSSR count). The van der Waals surface area contributed by atoms with Gasteiger partial charge in [-0.3, -0.25) is 0 Å². The van der Waals surface area contributed by atoms with E-state index in [9.17, 15) is 5.11 Å². The number of methoxy groups -OCH3 is 1. The first kappa shape index (κ1) is 15.8. The van der Waals surface area contributed by atoms with Crippen LogP contribution >= 0.6 is 0 Å². The summed E-state index contributed by atoms with van der Waals surface area (Å²) in [5, 5.41) is 9.67. The Balaban J connectivity index is 2.80. The molecule has 1 N–H and O–H groups in total. The van der Waals surface area contributed by atoms with Crippen molar-refractivity contribution in [3.63, 3.8) is 0 Å². The van der Waals surface area contributed by atoms with Crippen LogP contribution in [0, 0.1) is 0 Å². The van der Waals surface area contributed by atoms with Crippen LogP contribution in [0.15, 0.2) is 24.3 Å². The van der Waals surface area contributed by atoms with Crippen molar-refractivity contribution in [1.82, 2.24) is 0 Å². The summed E-state index contributed by atoms with van der Waals surface area (Å²) in [4.78, 5) is 0. The molecule has 0 aromatic heterocycles. The Morgan fingerprint density at radius 1 is 1.32 bits per heavy atom. The van der Waals surface area contributed by atoms with Gasteiger partial charge in [-0.25, -0.2) is 0 Å². The van der Waals surface area contributed by atoms with Crippen molar-refractivity contribution in [2.75, 3.05) is 7.11 Å². The quantitative estimate of drug-likeness (QED) is 0.824. The van der Waals surface area contributed by atoms with Crippen molar-refractivity contribution in [3.8, 4) is 5.75 Å². The molecule has 0 amide bonds. The van der Waals surface area contributed by atoms with Crippen LogP contribution in [0.2, 0.25) is 0 Å². The van der Waals surface area contributed by atoms with E-state index in [4.69, 9.17) is 4.74 Å². The molecule has 19 heavy (non-hydrogen) atoms. The van der Waals surface area contributed by atoms with Crippen molar-refractivity contribution in [3.05, 3.63) is 35.4 Å². The van der Waals surface area contributed by atoms with Gasteiger partial charge in [0, 0.05) is 5.56 Å². The van der Waals surface area contributed by atoms with Crippen molar-refractivity contribution in [1.29, 1.82) is 0 Å². The Labute approximate surface area is 117 Å². The van der Waals surface area contributed by atoms with Crippen LogP contribution < -0.4 is 4.74 Å². The standard InChI is InChI=1S/C17H26O2/c1-13(2)14-9-10-16(19-5)15(12-14)8-6-7-11-17(3,4)18/h6,8-10,12-13,18H,7,11H2,1-5H3/b8-6+. The van der Waals surface area contributed by atoms with Crippen LogP contribution in [0.4, 0.5) is 0 Å². The van der Waals surface area contributed by atoms with Gasteiger partial charge in [0.1, 0.15) is 5.75 Å². The molecule has 0 heterocycles. The Morgan fingerprint density at radius 2 is 2.00 bits per heavy atom. The minimum Gasteiger partial charge on any atom is -0.496 e. The predicted octanol–water partition coefficient (Wildman–Crippen LogP) is 4.38. The predicted molar refractivity (Wildman–Crippen MR) is 81.6 cm³/mol. The van der Waals surface area contributed by atoms with Gasteiger partial charge in [0.15, 0.2) is 0 Å². The van der Waals surface area contributed by atoms with Gasteiger partial charge in [-0.2, -0.15) is 0 Å². The summed E-state index contributed by atoms with van der Waals surface area (Å²) in [5.74, 6) is 1.40. The molecule has 0 fully saturated rings. The molecule has 1 aromatic rings. The van der Waals surface area contributed by atoms with Crippen LogP contribution in [-0.2, 0) is 0 Å². The lowest BCUT2D eigenvalue weighted by atomic mass is 9.99. The molecule has 0 unspecified atom stereocenters. The van der Waals surface area contributed by atoms with E-state index in [-0.39, 0.29) is 0 Å². The van der Waals surface area contributed by atoms with Crippen LogP contribution in [0.5, 0.6) is 5.75 Å². The number of rotatable bonds is 6. The summed E-state index contributed by atoms with van der Waals surface area (Å²) in [5.41, 5.74) is 1.81. The Bertz CT molecular complexity index is 425. The van der Waals surface area contributed by atoms with Gasteiger partial charge in [-0.05, 0) is 50.3 Å². The maximum Gasteiger partial charge on any atom is 0.126 e. The molecule has 106 valence electrons. The number of hydrogen-bond acceptors (Lipinski definition) is 2. The molecule has 0 spiro atoms. The Hall–Kier alpha value is -1.28. The molecule has 2 heteroatoms. The lowest BCUT2D eigenvalue weighted by molar-refractivity contribution is 0.0722. The average molecular weight is 262 g/mol. The van der Waals surface area contributed by atoms with Crippen molar-refractivity contribution in [2.45, 2.75) is 52.1 Å². The first-order valence-corrected chi connectivity index (χ1v) is 6.90. The third-order valence-corrected chi connectivity index (χ3v) is 3.14. The van der Waals surface area contributed by atoms with E-state index in [1.807, 2.05) is 19.9 Å². The second-order valence-electron chi connectivity index (χ2n) is 5.91. The van der Waals surface area contributed by atoms with Gasteiger partial charge in [0.2, 0.25) is 0 Å². The molecule has 0 bridgehead atoms. The minimum atomic E-state index is -0.603. The summed E-state index contributed by atoms with van der Waals surface area (Å²) < 4.78 is 5.38. The Morgan fingerprint density at radius 3 is 2.53 bits per heavy atom. The second-order valence-corrected chi connectivity index (χ2v) is 5.91. The van der Waals surface area contributed by atoms with Gasteiger partial charge < -0.3 is 9.84 Å². The van der Waals surface area contributed by atoms with Crippen molar-refractivity contribution in [2.24, 2.45) is 0 Å². The summed E-state index contributed by atoms with van der Waals surface area (Å²) in [7, 11) is 1.69. The van der Waals surface area contributed by atoms with E-state index in [1.165, 1.54) is 5.56 Å². The van der Waals surface area contributed by atoms with E-state index in [0.29, 0.717) is 5.92 Å². The fraction of sp³-hybridized carbons (Fsp3) is 0.529. The zero-order chi connectivity index (χ0) is 14.5. The highest BCUT2D eigenvalue weighted by molar-refractivity contribution is 5.58. The van der Waals surface area contributed by atoms with Crippen LogP contribution in [0.25, 0.3) is 6.08 Å². The lowest BCUT2D eigenvalue weighted by Gasteiger charge is -2.15. The minimum absolute atomic E-state index is 0.509.